The van der Waals surface area contributed by atoms with Gasteiger partial charge in [0.1, 0.15) is 11.9 Å². The predicted octanol–water partition coefficient (Wildman–Crippen LogP) is 1.07. The summed E-state index contributed by atoms with van der Waals surface area (Å²) in [6, 6.07) is 0. The molecule has 0 atom stereocenters. The fourth-order valence-corrected chi connectivity index (χ4v) is 0.617. The Labute approximate surface area is 46.2 Å². The summed E-state index contributed by atoms with van der Waals surface area (Å²) in [7, 11) is 0. The van der Waals surface area contributed by atoms with Gasteiger partial charge in [0.15, 0.2) is 0 Å². The van der Waals surface area contributed by atoms with Crippen molar-refractivity contribution in [2.24, 2.45) is 15.2 Å². The van der Waals surface area contributed by atoms with E-state index in [2.05, 4.69) is 21.4 Å². The van der Waals surface area contributed by atoms with E-state index in [0.29, 0.717) is 0 Å². The molecular formula is C5H2N3. The van der Waals surface area contributed by atoms with Gasteiger partial charge in [-0.2, -0.15) is 0 Å². The van der Waals surface area contributed by atoms with Crippen LogP contribution in [0.4, 0.5) is 0 Å². The molecule has 0 aromatic carbocycles. The Morgan fingerprint density at radius 1 is 1.50 bits per heavy atom. The fourth-order valence-electron chi connectivity index (χ4n) is 0.617. The highest BCUT2D eigenvalue weighted by Gasteiger charge is 2.10. The minimum absolute atomic E-state index is 0.824. The number of rotatable bonds is 0. The van der Waals surface area contributed by atoms with Gasteiger partial charge in [-0.1, -0.05) is 0 Å². The molecule has 0 saturated carbocycles. The first-order valence-corrected chi connectivity index (χ1v) is 2.24. The van der Waals surface area contributed by atoms with Crippen molar-refractivity contribution in [3.05, 3.63) is 23.7 Å². The van der Waals surface area contributed by atoms with Crippen molar-refractivity contribution in [3.8, 4) is 0 Å². The zero-order chi connectivity index (χ0) is 5.40. The van der Waals surface area contributed by atoms with Crippen LogP contribution in [0.1, 0.15) is 0 Å². The van der Waals surface area contributed by atoms with Gasteiger partial charge in [0.2, 0.25) is 0 Å². The molecule has 1 radical (unpaired) electrons. The molecule has 2 heterocycles. The molecule has 2 aliphatic heterocycles. The molecule has 0 bridgehead atoms. The minimum atomic E-state index is 0.824. The second kappa shape index (κ2) is 1.12. The van der Waals surface area contributed by atoms with Crippen LogP contribution in [0, 0.1) is 6.20 Å². The van der Waals surface area contributed by atoms with E-state index in [0.717, 1.165) is 11.3 Å². The summed E-state index contributed by atoms with van der Waals surface area (Å²) in [5, 5.41) is 7.26. The fraction of sp³-hybridized carbons (Fsp3) is 0. The van der Waals surface area contributed by atoms with Crippen molar-refractivity contribution >= 4 is 6.21 Å². The number of allylic oxidation sites excluding steroid dienone is 1. The Morgan fingerprint density at radius 2 is 2.50 bits per heavy atom. The molecule has 8 heavy (non-hydrogen) atoms. The zero-order valence-corrected chi connectivity index (χ0v) is 4.00. The Bertz CT molecular complexity index is 206. The van der Waals surface area contributed by atoms with Gasteiger partial charge in [-0.15, -0.1) is 10.2 Å². The van der Waals surface area contributed by atoms with Crippen molar-refractivity contribution in [2.75, 3.05) is 0 Å². The maximum Gasteiger partial charge on any atom is 0.125 e. The molecule has 0 amide bonds. The van der Waals surface area contributed by atoms with Crippen LogP contribution < -0.4 is 0 Å². The van der Waals surface area contributed by atoms with E-state index >= 15 is 0 Å². The molecule has 3 nitrogen and oxygen atoms in total. The standard InChI is InChI=1S/C5H2N3/c1-4-2-7-8-5(4)3-6-1/h1,3H. The summed E-state index contributed by atoms with van der Waals surface area (Å²) in [5.41, 5.74) is 1.72. The molecule has 0 aromatic heterocycles. The third-order valence-electron chi connectivity index (χ3n) is 1.00. The lowest BCUT2D eigenvalue weighted by molar-refractivity contribution is 1.21. The van der Waals surface area contributed by atoms with Crippen molar-refractivity contribution in [1.82, 2.24) is 0 Å². The van der Waals surface area contributed by atoms with E-state index in [1.165, 1.54) is 0 Å². The number of aliphatic imine (C=N–C) groups is 1. The first-order valence-electron chi connectivity index (χ1n) is 2.24. The quantitative estimate of drug-likeness (QED) is 0.440. The molecule has 0 aromatic rings. The Kier molecular flexibility index (Phi) is 0.521. The molecule has 0 saturated heterocycles. The molecule has 2 aliphatic rings. The second-order valence-electron chi connectivity index (χ2n) is 1.52. The van der Waals surface area contributed by atoms with Gasteiger partial charge in [-0.25, -0.2) is 0 Å². The summed E-state index contributed by atoms with van der Waals surface area (Å²) < 4.78 is 0. The average Bonchev–Trinajstić information content (AvgIpc) is 2.15. The second-order valence-corrected chi connectivity index (χ2v) is 1.52. The van der Waals surface area contributed by atoms with Gasteiger partial charge in [0.05, 0.1) is 11.8 Å². The number of fused-ring (bicyclic) bond motifs is 1. The van der Waals surface area contributed by atoms with Crippen LogP contribution in [0.3, 0.4) is 0 Å². The van der Waals surface area contributed by atoms with Gasteiger partial charge in [-0.3, -0.25) is 4.99 Å². The third-order valence-corrected chi connectivity index (χ3v) is 1.00. The number of nitrogens with zero attached hydrogens (tertiary/aromatic N) is 3. The molecule has 0 aliphatic carbocycles. The Hall–Kier alpha value is -1.25. The average molecular weight is 104 g/mol. The Balaban J connectivity index is 2.59. The normalized spacial score (nSPS) is 21.0. The van der Waals surface area contributed by atoms with Gasteiger partial charge in [-0.05, 0) is 0 Å². The number of hydrogen-bond donors (Lipinski definition) is 0. The van der Waals surface area contributed by atoms with E-state index in [4.69, 9.17) is 0 Å². The monoisotopic (exact) mass is 104 g/mol. The third kappa shape index (κ3) is 0.307. The maximum absolute atomic E-state index is 3.83. The smallest absolute Gasteiger partial charge is 0.125 e. The minimum Gasteiger partial charge on any atom is -0.262 e. The van der Waals surface area contributed by atoms with Crippen LogP contribution in [0.2, 0.25) is 0 Å². The van der Waals surface area contributed by atoms with Gasteiger partial charge in [0, 0.05) is 6.21 Å². The summed E-state index contributed by atoms with van der Waals surface area (Å²) in [6.45, 7) is 0. The van der Waals surface area contributed by atoms with Gasteiger partial charge in [0.25, 0.3) is 0 Å². The van der Waals surface area contributed by atoms with E-state index in [9.17, 15) is 0 Å². The van der Waals surface area contributed by atoms with Crippen molar-refractivity contribution in [1.29, 1.82) is 0 Å². The highest BCUT2D eigenvalue weighted by atomic mass is 15.1. The lowest BCUT2D eigenvalue weighted by atomic mass is 10.3. The first-order chi connectivity index (χ1) is 3.97. The summed E-state index contributed by atoms with van der Waals surface area (Å²) in [6.07, 6.45) is 6.03. The molecule has 2 rings (SSSR count). The Morgan fingerprint density at radius 3 is 3.38 bits per heavy atom. The SMILES string of the molecule is [C]1=C2C=NC=C2N=N1. The molecule has 0 N–H and O–H groups in total. The van der Waals surface area contributed by atoms with E-state index < -0.39 is 0 Å². The van der Waals surface area contributed by atoms with Gasteiger partial charge < -0.3 is 0 Å². The highest BCUT2D eigenvalue weighted by Crippen LogP contribution is 2.19. The maximum atomic E-state index is 3.83. The van der Waals surface area contributed by atoms with Crippen LogP contribution in [-0.4, -0.2) is 6.21 Å². The topological polar surface area (TPSA) is 37.1 Å². The molecule has 3 heteroatoms. The van der Waals surface area contributed by atoms with Crippen LogP contribution in [0.5, 0.6) is 0 Å². The van der Waals surface area contributed by atoms with Gasteiger partial charge >= 0.3 is 0 Å². The highest BCUT2D eigenvalue weighted by molar-refractivity contribution is 5.87. The number of hydrogen-bond acceptors (Lipinski definition) is 3. The van der Waals surface area contributed by atoms with Crippen LogP contribution in [-0.2, 0) is 0 Å². The lowest BCUT2D eigenvalue weighted by Crippen LogP contribution is -1.74. The molecule has 0 unspecified atom stereocenters. The molecule has 0 fully saturated rings. The molecule has 0 spiro atoms. The summed E-state index contributed by atoms with van der Waals surface area (Å²) in [5.74, 6) is 0. The first kappa shape index (κ1) is 3.72. The largest absolute Gasteiger partial charge is 0.262 e. The van der Waals surface area contributed by atoms with Crippen molar-refractivity contribution < 1.29 is 0 Å². The van der Waals surface area contributed by atoms with E-state index in [1.54, 1.807) is 12.4 Å². The van der Waals surface area contributed by atoms with Crippen LogP contribution in [0.25, 0.3) is 0 Å². The van der Waals surface area contributed by atoms with Crippen molar-refractivity contribution in [3.63, 3.8) is 0 Å². The predicted molar refractivity (Wildman–Crippen MR) is 28.2 cm³/mol. The molecule has 37 valence electrons. The van der Waals surface area contributed by atoms with Crippen LogP contribution >= 0.6 is 0 Å². The number of azo groups is 1. The zero-order valence-electron chi connectivity index (χ0n) is 4.00. The van der Waals surface area contributed by atoms with Crippen molar-refractivity contribution in [2.45, 2.75) is 0 Å². The molecular weight excluding hydrogens is 102 g/mol. The lowest BCUT2D eigenvalue weighted by Gasteiger charge is -1.77. The summed E-state index contributed by atoms with van der Waals surface area (Å²) >= 11 is 0. The van der Waals surface area contributed by atoms with E-state index in [-0.39, 0.29) is 0 Å². The summed E-state index contributed by atoms with van der Waals surface area (Å²) in [4.78, 5) is 3.83. The van der Waals surface area contributed by atoms with Crippen LogP contribution in [0.15, 0.2) is 32.7 Å². The van der Waals surface area contributed by atoms with E-state index in [1.807, 2.05) is 0 Å².